The van der Waals surface area contributed by atoms with Gasteiger partial charge in [0.25, 0.3) is 10.2 Å². The van der Waals surface area contributed by atoms with Crippen molar-refractivity contribution in [1.82, 2.24) is 9.03 Å². The fourth-order valence-corrected chi connectivity index (χ4v) is 4.86. The molecule has 2 fully saturated rings. The normalized spacial score (nSPS) is 33.1. The van der Waals surface area contributed by atoms with Crippen molar-refractivity contribution in [2.45, 2.75) is 49.4 Å². The summed E-state index contributed by atoms with van der Waals surface area (Å²) in [4.78, 5) is 0.290. The highest BCUT2D eigenvalue weighted by molar-refractivity contribution is 9.09. The van der Waals surface area contributed by atoms with Crippen molar-refractivity contribution in [2.24, 2.45) is 0 Å². The van der Waals surface area contributed by atoms with Gasteiger partial charge in [0.05, 0.1) is 0 Å². The molecule has 0 aromatic rings. The number of nitrogens with one attached hydrogen (secondary N) is 1. The predicted molar refractivity (Wildman–Crippen MR) is 67.8 cm³/mol. The standard InChI is InChI=1S/C10H19BrN2O2S/c11-9-5-1-2-6-10(9)12-16(14,15)13-7-3-4-8-13/h9-10,12H,1-8H2. The first kappa shape index (κ1) is 12.8. The van der Waals surface area contributed by atoms with E-state index in [0.717, 1.165) is 32.1 Å². The van der Waals surface area contributed by atoms with Crippen LogP contribution in [-0.2, 0) is 10.2 Å². The van der Waals surface area contributed by atoms with Gasteiger partial charge in [-0.15, -0.1) is 0 Å². The second-order valence-electron chi connectivity index (χ2n) is 4.64. The van der Waals surface area contributed by atoms with Crippen molar-refractivity contribution in [1.29, 1.82) is 0 Å². The Morgan fingerprint density at radius 2 is 1.69 bits per heavy atom. The lowest BCUT2D eigenvalue weighted by molar-refractivity contribution is 0.403. The molecule has 0 spiro atoms. The summed E-state index contributed by atoms with van der Waals surface area (Å²) in [5.74, 6) is 0. The molecule has 1 saturated carbocycles. The van der Waals surface area contributed by atoms with Crippen LogP contribution < -0.4 is 4.72 Å². The monoisotopic (exact) mass is 310 g/mol. The van der Waals surface area contributed by atoms with Crippen molar-refractivity contribution in [2.75, 3.05) is 13.1 Å². The van der Waals surface area contributed by atoms with Gasteiger partial charge in [-0.05, 0) is 25.7 Å². The largest absolute Gasteiger partial charge is 0.279 e. The summed E-state index contributed by atoms with van der Waals surface area (Å²) in [6.45, 7) is 1.35. The van der Waals surface area contributed by atoms with Crippen LogP contribution in [0.5, 0.6) is 0 Å². The first-order valence-corrected chi connectivity index (χ1v) is 8.36. The van der Waals surface area contributed by atoms with Gasteiger partial charge in [-0.1, -0.05) is 28.8 Å². The quantitative estimate of drug-likeness (QED) is 0.805. The van der Waals surface area contributed by atoms with Crippen LogP contribution in [0.15, 0.2) is 0 Å². The van der Waals surface area contributed by atoms with E-state index in [4.69, 9.17) is 0 Å². The molecule has 1 aliphatic carbocycles. The zero-order valence-electron chi connectivity index (χ0n) is 9.36. The van der Waals surface area contributed by atoms with E-state index in [1.165, 1.54) is 6.42 Å². The van der Waals surface area contributed by atoms with Gasteiger partial charge in [-0.2, -0.15) is 17.4 Å². The van der Waals surface area contributed by atoms with Gasteiger partial charge in [0.1, 0.15) is 0 Å². The molecule has 1 saturated heterocycles. The Kier molecular flexibility index (Phi) is 4.26. The van der Waals surface area contributed by atoms with Crippen molar-refractivity contribution in [3.63, 3.8) is 0 Å². The smallest absolute Gasteiger partial charge is 0.198 e. The summed E-state index contributed by atoms with van der Waals surface area (Å²) >= 11 is 3.57. The highest BCUT2D eigenvalue weighted by Gasteiger charge is 2.31. The van der Waals surface area contributed by atoms with Crippen molar-refractivity contribution in [3.05, 3.63) is 0 Å². The van der Waals surface area contributed by atoms with Gasteiger partial charge in [-0.25, -0.2) is 0 Å². The van der Waals surface area contributed by atoms with Crippen LogP contribution in [0.25, 0.3) is 0 Å². The van der Waals surface area contributed by atoms with E-state index in [1.54, 1.807) is 4.31 Å². The molecule has 0 aromatic heterocycles. The summed E-state index contributed by atoms with van der Waals surface area (Å²) in [6.07, 6.45) is 6.30. The lowest BCUT2D eigenvalue weighted by Crippen LogP contribution is -2.48. The van der Waals surface area contributed by atoms with E-state index in [-0.39, 0.29) is 6.04 Å². The number of halogens is 1. The van der Waals surface area contributed by atoms with Gasteiger partial charge in [-0.3, -0.25) is 0 Å². The summed E-state index contributed by atoms with van der Waals surface area (Å²) in [5.41, 5.74) is 0. The maximum atomic E-state index is 12.0. The molecule has 94 valence electrons. The number of hydrogen-bond donors (Lipinski definition) is 1. The van der Waals surface area contributed by atoms with Crippen LogP contribution in [0.1, 0.15) is 38.5 Å². The van der Waals surface area contributed by atoms with Crippen molar-refractivity contribution < 1.29 is 8.42 Å². The minimum atomic E-state index is -3.24. The van der Waals surface area contributed by atoms with Crippen LogP contribution in [0, 0.1) is 0 Å². The maximum Gasteiger partial charge on any atom is 0.279 e. The Labute approximate surface area is 106 Å². The molecular weight excluding hydrogens is 292 g/mol. The molecule has 4 nitrogen and oxygen atoms in total. The Morgan fingerprint density at radius 1 is 1.06 bits per heavy atom. The van der Waals surface area contributed by atoms with Gasteiger partial charge < -0.3 is 0 Å². The molecule has 1 aliphatic heterocycles. The van der Waals surface area contributed by atoms with Crippen LogP contribution in [0.4, 0.5) is 0 Å². The lowest BCUT2D eigenvalue weighted by Gasteiger charge is -2.29. The van der Waals surface area contributed by atoms with E-state index in [0.29, 0.717) is 17.9 Å². The first-order valence-electron chi connectivity index (χ1n) is 6.01. The van der Waals surface area contributed by atoms with Crippen LogP contribution in [-0.4, -0.2) is 36.7 Å². The third-order valence-corrected chi connectivity index (χ3v) is 6.13. The number of rotatable bonds is 3. The Balaban J connectivity index is 1.96. The Morgan fingerprint density at radius 3 is 2.31 bits per heavy atom. The minimum absolute atomic E-state index is 0.0688. The molecule has 16 heavy (non-hydrogen) atoms. The maximum absolute atomic E-state index is 12.0. The molecule has 1 heterocycles. The fraction of sp³-hybridized carbons (Fsp3) is 1.00. The van der Waals surface area contributed by atoms with E-state index in [1.807, 2.05) is 0 Å². The topological polar surface area (TPSA) is 49.4 Å². The average Bonchev–Trinajstić information content (AvgIpc) is 2.75. The molecule has 0 radical (unpaired) electrons. The molecule has 2 rings (SSSR count). The zero-order valence-corrected chi connectivity index (χ0v) is 11.8. The van der Waals surface area contributed by atoms with Crippen LogP contribution >= 0.6 is 15.9 Å². The van der Waals surface area contributed by atoms with E-state index in [2.05, 4.69) is 20.7 Å². The predicted octanol–water partition coefficient (Wildman–Crippen LogP) is 1.62. The van der Waals surface area contributed by atoms with E-state index >= 15 is 0 Å². The fourth-order valence-electron chi connectivity index (χ4n) is 2.41. The second kappa shape index (κ2) is 5.33. The highest BCUT2D eigenvalue weighted by Crippen LogP contribution is 2.25. The molecular formula is C10H19BrN2O2S. The Bertz CT molecular complexity index is 328. The first-order chi connectivity index (χ1) is 7.59. The van der Waals surface area contributed by atoms with E-state index < -0.39 is 10.2 Å². The molecule has 1 N–H and O–H groups in total. The molecule has 2 unspecified atom stereocenters. The van der Waals surface area contributed by atoms with E-state index in [9.17, 15) is 8.42 Å². The molecule has 0 aromatic carbocycles. The molecule has 2 aliphatic rings. The number of alkyl halides is 1. The third-order valence-electron chi connectivity index (χ3n) is 3.39. The number of nitrogens with zero attached hydrogens (tertiary/aromatic N) is 1. The molecule has 0 amide bonds. The SMILES string of the molecule is O=S(=O)(NC1CCCCC1Br)N1CCCC1. The van der Waals surface area contributed by atoms with Crippen molar-refractivity contribution >= 4 is 26.1 Å². The molecule has 6 heteroatoms. The molecule has 2 atom stereocenters. The zero-order chi connectivity index (χ0) is 11.6. The lowest BCUT2D eigenvalue weighted by atomic mass is 9.96. The average molecular weight is 311 g/mol. The number of hydrogen-bond acceptors (Lipinski definition) is 2. The second-order valence-corrected chi connectivity index (χ2v) is 7.51. The van der Waals surface area contributed by atoms with Gasteiger partial charge >= 0.3 is 0 Å². The minimum Gasteiger partial charge on any atom is -0.198 e. The Hall–Kier alpha value is 0.350. The highest BCUT2D eigenvalue weighted by atomic mass is 79.9. The summed E-state index contributed by atoms with van der Waals surface area (Å²) in [7, 11) is -3.24. The summed E-state index contributed by atoms with van der Waals surface area (Å²) in [5, 5.41) is 0. The molecule has 0 bridgehead atoms. The van der Waals surface area contributed by atoms with Crippen LogP contribution in [0.3, 0.4) is 0 Å². The summed E-state index contributed by atoms with van der Waals surface area (Å²) < 4.78 is 28.5. The van der Waals surface area contributed by atoms with Gasteiger partial charge in [0.2, 0.25) is 0 Å². The third kappa shape index (κ3) is 2.97. The van der Waals surface area contributed by atoms with Gasteiger partial charge in [0.15, 0.2) is 0 Å². The summed E-state index contributed by atoms with van der Waals surface area (Å²) in [6, 6.07) is 0.0688. The van der Waals surface area contributed by atoms with Crippen molar-refractivity contribution in [3.8, 4) is 0 Å². The van der Waals surface area contributed by atoms with Gasteiger partial charge in [0, 0.05) is 24.0 Å². The van der Waals surface area contributed by atoms with Crippen LogP contribution in [0.2, 0.25) is 0 Å².